The number of phenolic OH excluding ortho intramolecular Hbond substituents is 1. The van der Waals surface area contributed by atoms with Gasteiger partial charge in [-0.3, -0.25) is 10.1 Å². The van der Waals surface area contributed by atoms with Crippen LogP contribution in [0.15, 0.2) is 76.5 Å². The van der Waals surface area contributed by atoms with Crippen LogP contribution in [0.4, 0.5) is 5.69 Å². The number of methoxy groups -OCH3 is 1. The van der Waals surface area contributed by atoms with Gasteiger partial charge in [0.05, 0.1) is 12.0 Å². The summed E-state index contributed by atoms with van der Waals surface area (Å²) in [6.45, 7) is 0. The Balaban J connectivity index is 2.12. The average molecular weight is 381 g/mol. The second-order valence-corrected chi connectivity index (χ2v) is 6.66. The van der Waals surface area contributed by atoms with Crippen molar-refractivity contribution < 1.29 is 19.6 Å². The number of nitrogens with zero attached hydrogens (tertiary/aromatic N) is 1. The molecule has 27 heavy (non-hydrogen) atoms. The van der Waals surface area contributed by atoms with Crippen LogP contribution in [0.1, 0.15) is 10.4 Å². The van der Waals surface area contributed by atoms with E-state index in [0.717, 1.165) is 10.5 Å². The van der Waals surface area contributed by atoms with Crippen molar-refractivity contribution in [2.45, 2.75) is 9.79 Å². The van der Waals surface area contributed by atoms with Gasteiger partial charge in [-0.2, -0.15) is 0 Å². The van der Waals surface area contributed by atoms with E-state index in [9.17, 15) is 20.0 Å². The number of hydrogen-bond acceptors (Lipinski definition) is 6. The molecule has 0 radical (unpaired) electrons. The highest BCUT2D eigenvalue weighted by atomic mass is 32.2. The minimum absolute atomic E-state index is 0.00332. The zero-order valence-corrected chi connectivity index (χ0v) is 15.1. The summed E-state index contributed by atoms with van der Waals surface area (Å²) in [6.07, 6.45) is 0. The molecule has 0 heterocycles. The van der Waals surface area contributed by atoms with Crippen LogP contribution in [0.2, 0.25) is 0 Å². The predicted molar refractivity (Wildman–Crippen MR) is 102 cm³/mol. The lowest BCUT2D eigenvalue weighted by molar-refractivity contribution is -0.384. The van der Waals surface area contributed by atoms with Crippen LogP contribution in [0.5, 0.6) is 5.75 Å². The van der Waals surface area contributed by atoms with Crippen molar-refractivity contribution in [2.24, 2.45) is 0 Å². The fourth-order valence-corrected chi connectivity index (χ4v) is 3.60. The van der Waals surface area contributed by atoms with E-state index in [0.29, 0.717) is 10.5 Å². The maximum absolute atomic E-state index is 12.3. The molecule has 0 amide bonds. The highest BCUT2D eigenvalue weighted by molar-refractivity contribution is 7.99. The molecule has 6 nitrogen and oxygen atoms in total. The number of hydrogen-bond donors (Lipinski definition) is 1. The van der Waals surface area contributed by atoms with Crippen LogP contribution in [-0.2, 0) is 4.74 Å². The average Bonchev–Trinajstić information content (AvgIpc) is 2.69. The van der Waals surface area contributed by atoms with E-state index in [1.54, 1.807) is 18.2 Å². The molecule has 3 aromatic rings. The topological polar surface area (TPSA) is 89.7 Å². The van der Waals surface area contributed by atoms with Crippen LogP contribution in [0, 0.1) is 10.1 Å². The van der Waals surface area contributed by atoms with Crippen molar-refractivity contribution >= 4 is 23.4 Å². The highest BCUT2D eigenvalue weighted by Crippen LogP contribution is 2.41. The number of carbonyl (C=O) groups excluding carboxylic acids is 1. The summed E-state index contributed by atoms with van der Waals surface area (Å²) in [4.78, 5) is 24.1. The third kappa shape index (κ3) is 3.93. The Morgan fingerprint density at radius 1 is 1.04 bits per heavy atom. The Kier molecular flexibility index (Phi) is 5.42. The number of carbonyl (C=O) groups is 1. The Morgan fingerprint density at radius 2 is 1.70 bits per heavy atom. The molecule has 0 aliphatic carbocycles. The van der Waals surface area contributed by atoms with Gasteiger partial charge in [0, 0.05) is 27.5 Å². The first kappa shape index (κ1) is 18.5. The zero-order chi connectivity index (χ0) is 19.4. The molecule has 3 aromatic carbocycles. The van der Waals surface area contributed by atoms with Crippen molar-refractivity contribution in [1.82, 2.24) is 0 Å². The first-order valence-corrected chi connectivity index (χ1v) is 8.75. The summed E-state index contributed by atoms with van der Waals surface area (Å²) >= 11 is 1.34. The molecular formula is C20H15NO5S. The number of nitro benzene ring substituents is 1. The molecule has 136 valence electrons. The molecule has 0 unspecified atom stereocenters. The molecule has 0 aliphatic rings. The quantitative estimate of drug-likeness (QED) is 0.384. The van der Waals surface area contributed by atoms with E-state index in [4.69, 9.17) is 4.74 Å². The van der Waals surface area contributed by atoms with E-state index in [1.165, 1.54) is 37.1 Å². The number of ether oxygens (including phenoxy) is 1. The molecule has 0 saturated carbocycles. The molecule has 0 atom stereocenters. The standard InChI is InChI=1S/C20H15NO5S/c1-26-20(23)19-16(22)11-12-17(18(19)13-5-3-2-4-6-13)27-15-9-7-14(8-10-15)21(24)25/h2-12,22H,1H3. The van der Waals surface area contributed by atoms with Gasteiger partial charge in [0.1, 0.15) is 11.3 Å². The van der Waals surface area contributed by atoms with E-state index < -0.39 is 10.9 Å². The summed E-state index contributed by atoms with van der Waals surface area (Å²) in [5.74, 6) is -0.814. The Hall–Kier alpha value is -3.32. The molecule has 0 aromatic heterocycles. The third-order valence-corrected chi connectivity index (χ3v) is 4.94. The van der Waals surface area contributed by atoms with Crippen LogP contribution in [0.3, 0.4) is 0 Å². The van der Waals surface area contributed by atoms with Crippen LogP contribution < -0.4 is 0 Å². The van der Waals surface area contributed by atoms with E-state index >= 15 is 0 Å². The lowest BCUT2D eigenvalue weighted by Gasteiger charge is -2.15. The maximum Gasteiger partial charge on any atom is 0.342 e. The van der Waals surface area contributed by atoms with Gasteiger partial charge in [0.2, 0.25) is 0 Å². The number of esters is 1. The van der Waals surface area contributed by atoms with Gasteiger partial charge in [-0.1, -0.05) is 42.1 Å². The minimum Gasteiger partial charge on any atom is -0.507 e. The number of phenols is 1. The van der Waals surface area contributed by atoms with Crippen LogP contribution in [0.25, 0.3) is 11.1 Å². The second kappa shape index (κ2) is 7.92. The van der Waals surface area contributed by atoms with Crippen molar-refractivity contribution in [2.75, 3.05) is 7.11 Å². The third-order valence-electron chi connectivity index (χ3n) is 3.87. The van der Waals surface area contributed by atoms with Gasteiger partial charge >= 0.3 is 5.97 Å². The van der Waals surface area contributed by atoms with Gasteiger partial charge in [0.15, 0.2) is 0 Å². The van der Waals surface area contributed by atoms with Gasteiger partial charge in [-0.25, -0.2) is 4.79 Å². The molecule has 0 fully saturated rings. The maximum atomic E-state index is 12.3. The van der Waals surface area contributed by atoms with E-state index in [-0.39, 0.29) is 17.0 Å². The summed E-state index contributed by atoms with van der Waals surface area (Å²) < 4.78 is 4.84. The fourth-order valence-electron chi connectivity index (χ4n) is 2.62. The van der Waals surface area contributed by atoms with Gasteiger partial charge in [0.25, 0.3) is 5.69 Å². The van der Waals surface area contributed by atoms with Crippen molar-refractivity contribution in [3.8, 4) is 16.9 Å². The zero-order valence-electron chi connectivity index (χ0n) is 14.3. The first-order chi connectivity index (χ1) is 13.0. The Labute approximate surface area is 159 Å². The molecule has 0 bridgehead atoms. The fraction of sp³-hybridized carbons (Fsp3) is 0.0500. The molecule has 3 rings (SSSR count). The molecule has 0 saturated heterocycles. The second-order valence-electron chi connectivity index (χ2n) is 5.54. The molecular weight excluding hydrogens is 366 g/mol. The highest BCUT2D eigenvalue weighted by Gasteiger charge is 2.22. The number of aromatic hydroxyl groups is 1. The first-order valence-electron chi connectivity index (χ1n) is 7.93. The molecule has 0 spiro atoms. The van der Waals surface area contributed by atoms with Gasteiger partial charge < -0.3 is 9.84 Å². The number of rotatable bonds is 5. The Morgan fingerprint density at radius 3 is 2.30 bits per heavy atom. The lowest BCUT2D eigenvalue weighted by Crippen LogP contribution is -2.05. The molecule has 1 N–H and O–H groups in total. The summed E-state index contributed by atoms with van der Waals surface area (Å²) in [5, 5.41) is 21.1. The van der Waals surface area contributed by atoms with Crippen molar-refractivity contribution in [3.05, 3.63) is 82.4 Å². The van der Waals surface area contributed by atoms with Crippen molar-refractivity contribution in [3.63, 3.8) is 0 Å². The minimum atomic E-state index is -0.641. The van der Waals surface area contributed by atoms with E-state index in [1.807, 2.05) is 30.3 Å². The van der Waals surface area contributed by atoms with Crippen LogP contribution >= 0.6 is 11.8 Å². The summed E-state index contributed by atoms with van der Waals surface area (Å²) in [6, 6.07) is 18.5. The van der Waals surface area contributed by atoms with E-state index in [2.05, 4.69) is 0 Å². The van der Waals surface area contributed by atoms with Gasteiger partial charge in [-0.15, -0.1) is 0 Å². The monoisotopic (exact) mass is 381 g/mol. The Bertz CT molecular complexity index is 987. The molecule has 7 heteroatoms. The lowest BCUT2D eigenvalue weighted by atomic mass is 9.98. The normalized spacial score (nSPS) is 10.4. The number of nitro groups is 1. The smallest absolute Gasteiger partial charge is 0.342 e. The predicted octanol–water partition coefficient (Wildman–Crippen LogP) is 4.91. The number of non-ortho nitro benzene ring substituents is 1. The molecule has 0 aliphatic heterocycles. The van der Waals surface area contributed by atoms with Crippen LogP contribution in [-0.4, -0.2) is 23.1 Å². The number of benzene rings is 3. The SMILES string of the molecule is COC(=O)c1c(O)ccc(Sc2ccc([N+](=O)[O-])cc2)c1-c1ccccc1. The largest absolute Gasteiger partial charge is 0.507 e. The van der Waals surface area contributed by atoms with Crippen molar-refractivity contribution in [1.29, 1.82) is 0 Å². The summed E-state index contributed by atoms with van der Waals surface area (Å²) in [7, 11) is 1.26. The van der Waals surface area contributed by atoms with Gasteiger partial charge in [-0.05, 0) is 29.8 Å². The summed E-state index contributed by atoms with van der Waals surface area (Å²) in [5.41, 5.74) is 1.38.